The standard InChI is InChI=1S/C30H24F3N5O3S/c31-30(32,33)22-9-4-8-21(14-22)27(39)28-37-25(16-38(28)12-5-13-41-17-20-6-2-1-3-7-20)24-11-10-23(15-34-24)36-29(40)26-18-42-19-35-26/h1-4,6-11,14-16,18-19H,5,12-13,17H2,(H,36,40). The number of hydrogen-bond donors (Lipinski definition) is 1. The number of anilines is 1. The van der Waals surface area contributed by atoms with Crippen LogP contribution in [-0.2, 0) is 24.1 Å². The molecule has 0 atom stereocenters. The zero-order chi connectivity index (χ0) is 29.5. The minimum Gasteiger partial charge on any atom is -0.377 e. The van der Waals surface area contributed by atoms with E-state index in [-0.39, 0.29) is 23.0 Å². The molecule has 214 valence electrons. The third-order valence-corrected chi connectivity index (χ3v) is 6.77. The predicted octanol–water partition coefficient (Wildman–Crippen LogP) is 6.51. The summed E-state index contributed by atoms with van der Waals surface area (Å²) in [4.78, 5) is 38.5. The molecule has 3 aromatic heterocycles. The quantitative estimate of drug-likeness (QED) is 0.139. The molecule has 0 aliphatic heterocycles. The maximum Gasteiger partial charge on any atom is 0.416 e. The first-order valence-corrected chi connectivity index (χ1v) is 13.8. The Balaban J connectivity index is 1.35. The van der Waals surface area contributed by atoms with Crippen molar-refractivity contribution in [1.29, 1.82) is 0 Å². The first kappa shape index (κ1) is 28.8. The lowest BCUT2D eigenvalue weighted by molar-refractivity contribution is -0.137. The van der Waals surface area contributed by atoms with E-state index in [4.69, 9.17) is 4.74 Å². The Hall–Kier alpha value is -4.68. The molecule has 0 bridgehead atoms. The van der Waals surface area contributed by atoms with Crippen LogP contribution in [0.4, 0.5) is 18.9 Å². The van der Waals surface area contributed by atoms with Crippen molar-refractivity contribution in [2.75, 3.05) is 11.9 Å². The van der Waals surface area contributed by atoms with Crippen LogP contribution in [0.15, 0.2) is 90.0 Å². The van der Waals surface area contributed by atoms with Crippen molar-refractivity contribution in [2.45, 2.75) is 25.7 Å². The molecular formula is C30H24F3N5O3S. The van der Waals surface area contributed by atoms with Gasteiger partial charge in [-0.1, -0.05) is 42.5 Å². The Labute approximate surface area is 242 Å². The fourth-order valence-corrected chi connectivity index (χ4v) is 4.63. The van der Waals surface area contributed by atoms with E-state index in [9.17, 15) is 22.8 Å². The molecule has 0 saturated carbocycles. The largest absolute Gasteiger partial charge is 0.416 e. The van der Waals surface area contributed by atoms with E-state index in [2.05, 4.69) is 20.3 Å². The van der Waals surface area contributed by atoms with Gasteiger partial charge in [0.1, 0.15) is 11.4 Å². The summed E-state index contributed by atoms with van der Waals surface area (Å²) in [6.07, 6.45) is -0.980. The Kier molecular flexibility index (Phi) is 8.84. The van der Waals surface area contributed by atoms with Crippen LogP contribution in [-0.4, -0.2) is 37.8 Å². The highest BCUT2D eigenvalue weighted by molar-refractivity contribution is 7.07. The van der Waals surface area contributed by atoms with E-state index in [0.717, 1.165) is 17.7 Å². The minimum atomic E-state index is -4.59. The van der Waals surface area contributed by atoms with E-state index >= 15 is 0 Å². The summed E-state index contributed by atoms with van der Waals surface area (Å²) in [6.45, 7) is 1.16. The van der Waals surface area contributed by atoms with Crippen LogP contribution in [0, 0.1) is 0 Å². The van der Waals surface area contributed by atoms with Crippen molar-refractivity contribution in [1.82, 2.24) is 19.5 Å². The molecule has 5 rings (SSSR count). The summed E-state index contributed by atoms with van der Waals surface area (Å²) in [7, 11) is 0. The van der Waals surface area contributed by atoms with Crippen molar-refractivity contribution in [3.8, 4) is 11.4 Å². The van der Waals surface area contributed by atoms with Gasteiger partial charge in [0.15, 0.2) is 5.82 Å². The fraction of sp³-hybridized carbons (Fsp3) is 0.167. The van der Waals surface area contributed by atoms with Crippen molar-refractivity contribution >= 4 is 28.7 Å². The Morgan fingerprint density at radius 3 is 2.52 bits per heavy atom. The molecule has 0 fully saturated rings. The molecule has 12 heteroatoms. The lowest BCUT2D eigenvalue weighted by Gasteiger charge is -2.10. The number of rotatable bonds is 11. The molecule has 1 N–H and O–H groups in total. The molecule has 42 heavy (non-hydrogen) atoms. The third kappa shape index (κ3) is 7.14. The second kappa shape index (κ2) is 12.9. The SMILES string of the molecule is O=C(Nc1ccc(-c2cn(CCCOCc3ccccc3)c(C(=O)c3cccc(C(F)(F)F)c3)n2)nc1)c1cscn1. The predicted molar refractivity (Wildman–Crippen MR) is 151 cm³/mol. The molecule has 0 aliphatic rings. The summed E-state index contributed by atoms with van der Waals surface area (Å²) in [5.74, 6) is -1.04. The molecule has 3 heterocycles. The normalized spacial score (nSPS) is 11.4. The number of carbonyl (C=O) groups is 2. The number of halogens is 3. The molecule has 0 saturated heterocycles. The third-order valence-electron chi connectivity index (χ3n) is 6.18. The van der Waals surface area contributed by atoms with Crippen LogP contribution in [0.3, 0.4) is 0 Å². The number of amides is 1. The van der Waals surface area contributed by atoms with Gasteiger partial charge in [-0.15, -0.1) is 11.3 Å². The number of hydrogen-bond acceptors (Lipinski definition) is 7. The zero-order valence-electron chi connectivity index (χ0n) is 22.0. The first-order chi connectivity index (χ1) is 20.3. The monoisotopic (exact) mass is 591 g/mol. The van der Waals surface area contributed by atoms with Gasteiger partial charge in [-0.25, -0.2) is 9.97 Å². The maximum absolute atomic E-state index is 13.4. The average molecular weight is 592 g/mol. The van der Waals surface area contributed by atoms with E-state index in [1.165, 1.54) is 29.7 Å². The number of imidazole rings is 1. The topological polar surface area (TPSA) is 99.0 Å². The van der Waals surface area contributed by atoms with E-state index in [1.807, 2.05) is 30.3 Å². The number of alkyl halides is 3. The average Bonchev–Trinajstić information content (AvgIpc) is 3.68. The number of aryl methyl sites for hydroxylation is 1. The highest BCUT2D eigenvalue weighted by atomic mass is 32.1. The molecule has 0 spiro atoms. The number of ketones is 1. The summed E-state index contributed by atoms with van der Waals surface area (Å²) in [5.41, 5.74) is 3.03. The van der Waals surface area contributed by atoms with Crippen molar-refractivity contribution in [3.63, 3.8) is 0 Å². The van der Waals surface area contributed by atoms with Gasteiger partial charge >= 0.3 is 6.18 Å². The van der Waals surface area contributed by atoms with E-state index in [0.29, 0.717) is 43.3 Å². The zero-order valence-corrected chi connectivity index (χ0v) is 22.9. The van der Waals surface area contributed by atoms with Crippen LogP contribution in [0.1, 0.15) is 44.2 Å². The summed E-state index contributed by atoms with van der Waals surface area (Å²) in [6, 6.07) is 17.2. The molecule has 1 amide bonds. The number of nitrogens with zero attached hydrogens (tertiary/aromatic N) is 4. The molecule has 8 nitrogen and oxygen atoms in total. The van der Waals surface area contributed by atoms with Gasteiger partial charge < -0.3 is 14.6 Å². The highest BCUT2D eigenvalue weighted by Gasteiger charge is 2.31. The first-order valence-electron chi connectivity index (χ1n) is 12.8. The van der Waals surface area contributed by atoms with Crippen LogP contribution < -0.4 is 5.32 Å². The van der Waals surface area contributed by atoms with Crippen LogP contribution in [0.25, 0.3) is 11.4 Å². The van der Waals surface area contributed by atoms with Crippen LogP contribution >= 0.6 is 11.3 Å². The fourth-order valence-electron chi connectivity index (χ4n) is 4.10. The number of ether oxygens (including phenoxy) is 1. The Bertz CT molecular complexity index is 1650. The van der Waals surface area contributed by atoms with Crippen molar-refractivity contribution in [2.24, 2.45) is 0 Å². The van der Waals surface area contributed by atoms with Crippen molar-refractivity contribution in [3.05, 3.63) is 118 Å². The smallest absolute Gasteiger partial charge is 0.377 e. The number of pyridine rings is 1. The summed E-state index contributed by atoms with van der Waals surface area (Å²) in [5, 5.41) is 4.33. The maximum atomic E-state index is 13.4. The van der Waals surface area contributed by atoms with Gasteiger partial charge in [0.2, 0.25) is 5.78 Å². The summed E-state index contributed by atoms with van der Waals surface area (Å²) >= 11 is 1.30. The number of carbonyl (C=O) groups excluding carboxylic acids is 2. The highest BCUT2D eigenvalue weighted by Crippen LogP contribution is 2.30. The lowest BCUT2D eigenvalue weighted by atomic mass is 10.1. The molecular weight excluding hydrogens is 567 g/mol. The van der Waals surface area contributed by atoms with Gasteiger partial charge in [-0.05, 0) is 36.2 Å². The van der Waals surface area contributed by atoms with Crippen LogP contribution in [0.5, 0.6) is 0 Å². The van der Waals surface area contributed by atoms with Gasteiger partial charge in [0.25, 0.3) is 5.91 Å². The van der Waals surface area contributed by atoms with Gasteiger partial charge in [-0.3, -0.25) is 14.6 Å². The van der Waals surface area contributed by atoms with Crippen LogP contribution in [0.2, 0.25) is 0 Å². The molecule has 0 unspecified atom stereocenters. The minimum absolute atomic E-state index is 0.0184. The number of nitrogens with one attached hydrogen (secondary N) is 1. The summed E-state index contributed by atoms with van der Waals surface area (Å²) < 4.78 is 47.3. The second-order valence-electron chi connectivity index (χ2n) is 9.20. The van der Waals surface area contributed by atoms with Gasteiger partial charge in [0.05, 0.1) is 35.3 Å². The molecule has 5 aromatic rings. The molecule has 0 aliphatic carbocycles. The van der Waals surface area contributed by atoms with Gasteiger partial charge in [0, 0.05) is 30.3 Å². The number of benzene rings is 2. The Morgan fingerprint density at radius 1 is 0.976 bits per heavy atom. The van der Waals surface area contributed by atoms with Crippen molar-refractivity contribution < 1.29 is 27.5 Å². The van der Waals surface area contributed by atoms with Gasteiger partial charge in [-0.2, -0.15) is 13.2 Å². The Morgan fingerprint density at radius 2 is 1.81 bits per heavy atom. The molecule has 0 radical (unpaired) electrons. The second-order valence-corrected chi connectivity index (χ2v) is 9.92. The number of thiazole rings is 1. The van der Waals surface area contributed by atoms with E-state index < -0.39 is 17.5 Å². The molecule has 2 aromatic carbocycles. The lowest BCUT2D eigenvalue weighted by Crippen LogP contribution is -2.14. The van der Waals surface area contributed by atoms with E-state index in [1.54, 1.807) is 33.8 Å². The number of aromatic nitrogens is 4.